The van der Waals surface area contributed by atoms with Crippen LogP contribution in [0.1, 0.15) is 21.7 Å². The minimum Gasteiger partial charge on any atom is -0.373 e. The summed E-state index contributed by atoms with van der Waals surface area (Å²) < 4.78 is 43.5. The van der Waals surface area contributed by atoms with Gasteiger partial charge in [-0.25, -0.2) is 9.97 Å². The van der Waals surface area contributed by atoms with E-state index in [0.29, 0.717) is 32.0 Å². The average Bonchev–Trinajstić information content (AvgIpc) is 2.62. The molecule has 2 aromatic rings. The second-order valence-electron chi connectivity index (χ2n) is 5.81. The van der Waals surface area contributed by atoms with Crippen molar-refractivity contribution < 1.29 is 27.7 Å². The first kappa shape index (κ1) is 18.1. The maximum absolute atomic E-state index is 12.7. The van der Waals surface area contributed by atoms with Crippen molar-refractivity contribution in [1.82, 2.24) is 4.98 Å². The Balaban J connectivity index is 1.82. The fraction of sp³-hybridized carbons (Fsp3) is 0.353. The van der Waals surface area contributed by atoms with Gasteiger partial charge in [0.15, 0.2) is 0 Å². The largest absolute Gasteiger partial charge is 0.433 e. The van der Waals surface area contributed by atoms with Crippen LogP contribution >= 0.6 is 0 Å². The monoisotopic (exact) mass is 367 g/mol. The summed E-state index contributed by atoms with van der Waals surface area (Å²) in [6.45, 7) is 3.88. The molecule has 1 amide bonds. The molecule has 1 aliphatic rings. The molecule has 2 N–H and O–H groups in total. The van der Waals surface area contributed by atoms with Crippen LogP contribution in [0.5, 0.6) is 0 Å². The number of H-pyrrole nitrogens is 1. The van der Waals surface area contributed by atoms with Gasteiger partial charge in [-0.1, -0.05) is 0 Å². The number of carbonyl (C=O) groups is 1. The van der Waals surface area contributed by atoms with Gasteiger partial charge >= 0.3 is 6.18 Å². The molecule has 1 aliphatic heterocycles. The van der Waals surface area contributed by atoms with Gasteiger partial charge < -0.3 is 10.1 Å². The number of rotatable bonds is 3. The lowest BCUT2D eigenvalue weighted by molar-refractivity contribution is -0.363. The summed E-state index contributed by atoms with van der Waals surface area (Å²) >= 11 is 0. The number of hydrogen-bond acceptors (Lipinski definition) is 4. The number of amides is 1. The molecule has 1 saturated heterocycles. The highest BCUT2D eigenvalue weighted by molar-refractivity contribution is 6.06. The second kappa shape index (κ2) is 7.28. The second-order valence-corrected chi connectivity index (χ2v) is 5.81. The number of ether oxygens (including phenoxy) is 1. The van der Waals surface area contributed by atoms with Crippen molar-refractivity contribution in [2.75, 3.05) is 36.5 Å². The maximum Gasteiger partial charge on any atom is 0.433 e. The molecule has 1 fully saturated rings. The Morgan fingerprint density at radius 2 is 2.00 bits per heavy atom. The Hall–Kier alpha value is -2.68. The van der Waals surface area contributed by atoms with E-state index >= 15 is 0 Å². The topological polar surface area (TPSA) is 68.6 Å². The van der Waals surface area contributed by atoms with E-state index in [1.54, 1.807) is 18.3 Å². The Bertz CT molecular complexity index is 805. The zero-order valence-corrected chi connectivity index (χ0v) is 14.1. The summed E-state index contributed by atoms with van der Waals surface area (Å²) in [6.07, 6.45) is -2.80. The number of anilines is 2. The molecule has 6 nitrogen and oxygen atoms in total. The van der Waals surface area contributed by atoms with Gasteiger partial charge in [0.1, 0.15) is 24.5 Å². The van der Waals surface area contributed by atoms with Crippen LogP contribution in [0.15, 0.2) is 30.5 Å². The minimum absolute atomic E-state index is 0.0187. The number of aromatic nitrogens is 2. The van der Waals surface area contributed by atoms with Gasteiger partial charge in [0.05, 0.1) is 30.7 Å². The third kappa shape index (κ3) is 3.93. The fourth-order valence-electron chi connectivity index (χ4n) is 2.73. The van der Waals surface area contributed by atoms with E-state index < -0.39 is 17.8 Å². The van der Waals surface area contributed by atoms with Crippen LogP contribution < -0.4 is 15.2 Å². The van der Waals surface area contributed by atoms with Crippen LogP contribution in [0.25, 0.3) is 0 Å². The summed E-state index contributed by atoms with van der Waals surface area (Å²) in [5.74, 6) is 0.208. The molecule has 3 rings (SSSR count). The molecule has 0 aromatic carbocycles. The number of pyridine rings is 2. The van der Waals surface area contributed by atoms with Crippen molar-refractivity contribution in [3.8, 4) is 0 Å². The highest BCUT2D eigenvalue weighted by Gasteiger charge is 2.33. The molecule has 0 saturated carbocycles. The first-order valence-corrected chi connectivity index (χ1v) is 8.06. The van der Waals surface area contributed by atoms with Crippen molar-refractivity contribution in [3.05, 3.63) is 47.4 Å². The number of alkyl halides is 3. The van der Waals surface area contributed by atoms with Gasteiger partial charge in [-0.05, 0) is 31.2 Å². The normalized spacial score (nSPS) is 15.0. The number of nitrogens with zero attached hydrogens (tertiary/aromatic N) is 2. The lowest BCUT2D eigenvalue weighted by Crippen LogP contribution is -2.40. The zero-order chi connectivity index (χ0) is 18.7. The molecule has 138 valence electrons. The Morgan fingerprint density at radius 3 is 2.65 bits per heavy atom. The minimum atomic E-state index is -4.54. The molecule has 3 heterocycles. The summed E-state index contributed by atoms with van der Waals surface area (Å²) in [5.41, 5.74) is -0.368. The van der Waals surface area contributed by atoms with E-state index in [4.69, 9.17) is 4.74 Å². The maximum atomic E-state index is 12.7. The first-order chi connectivity index (χ1) is 12.4. The van der Waals surface area contributed by atoms with Crippen molar-refractivity contribution in [2.24, 2.45) is 0 Å². The van der Waals surface area contributed by atoms with Crippen LogP contribution in [-0.4, -0.2) is 37.2 Å². The molecule has 0 spiro atoms. The van der Waals surface area contributed by atoms with Crippen molar-refractivity contribution >= 4 is 17.4 Å². The third-order valence-corrected chi connectivity index (χ3v) is 4.03. The van der Waals surface area contributed by atoms with E-state index in [1.807, 2.05) is 4.90 Å². The van der Waals surface area contributed by atoms with E-state index in [2.05, 4.69) is 15.3 Å². The number of carbonyl (C=O) groups excluding carboxylic acids is 1. The molecule has 26 heavy (non-hydrogen) atoms. The van der Waals surface area contributed by atoms with E-state index in [1.165, 1.54) is 6.92 Å². The molecule has 0 bridgehead atoms. The molecular formula is C17H18F3N4O2+. The van der Waals surface area contributed by atoms with Crippen molar-refractivity contribution in [2.45, 2.75) is 13.1 Å². The standard InChI is InChI=1S/C17H17F3N4O2/c1-11-12(4-5-14(22-11)17(18,19)20)16(25)23-13-3-2-6-21-15(13)24-7-9-26-10-8-24/h2-6H,7-10H2,1H3,(H,23,25)/p+1. The number of halogens is 3. The van der Waals surface area contributed by atoms with Gasteiger partial charge in [0.25, 0.3) is 11.7 Å². The summed E-state index contributed by atoms with van der Waals surface area (Å²) in [5, 5.41) is 2.75. The highest BCUT2D eigenvalue weighted by atomic mass is 19.4. The predicted octanol–water partition coefficient (Wildman–Crippen LogP) is 2.31. The molecule has 0 unspecified atom stereocenters. The van der Waals surface area contributed by atoms with Crippen LogP contribution in [0.4, 0.5) is 24.7 Å². The van der Waals surface area contributed by atoms with Crippen LogP contribution in [-0.2, 0) is 10.9 Å². The van der Waals surface area contributed by atoms with Crippen molar-refractivity contribution in [3.63, 3.8) is 0 Å². The first-order valence-electron chi connectivity index (χ1n) is 8.06. The molecule has 0 aliphatic carbocycles. The van der Waals surface area contributed by atoms with Gasteiger partial charge in [0, 0.05) is 0 Å². The Morgan fingerprint density at radius 1 is 1.27 bits per heavy atom. The van der Waals surface area contributed by atoms with Crippen LogP contribution in [0.3, 0.4) is 0 Å². The lowest BCUT2D eigenvalue weighted by atomic mass is 10.1. The number of hydrogen-bond donors (Lipinski definition) is 1. The summed E-state index contributed by atoms with van der Waals surface area (Å²) in [4.78, 5) is 21.2. The SMILES string of the molecule is Cc1nc(C(F)(F)F)ccc1C(=O)Nc1ccc[nH+]c1N1CCOCC1. The number of nitrogens with one attached hydrogen (secondary N) is 2. The van der Waals surface area contributed by atoms with Crippen molar-refractivity contribution in [1.29, 1.82) is 0 Å². The third-order valence-electron chi connectivity index (χ3n) is 4.03. The molecule has 9 heteroatoms. The average molecular weight is 367 g/mol. The molecule has 0 radical (unpaired) electrons. The molecule has 2 aromatic heterocycles. The van der Waals surface area contributed by atoms with E-state index in [9.17, 15) is 18.0 Å². The summed E-state index contributed by atoms with van der Waals surface area (Å²) in [7, 11) is 0. The Kier molecular flexibility index (Phi) is 5.08. The lowest BCUT2D eigenvalue weighted by Gasteiger charge is -2.22. The predicted molar refractivity (Wildman–Crippen MR) is 88.0 cm³/mol. The zero-order valence-electron chi connectivity index (χ0n) is 14.1. The van der Waals surface area contributed by atoms with Crippen LogP contribution in [0, 0.1) is 6.92 Å². The van der Waals surface area contributed by atoms with E-state index in [0.717, 1.165) is 18.0 Å². The Labute approximate surface area is 148 Å². The van der Waals surface area contributed by atoms with E-state index in [-0.39, 0.29) is 11.3 Å². The van der Waals surface area contributed by atoms with Gasteiger partial charge in [-0.2, -0.15) is 13.2 Å². The quantitative estimate of drug-likeness (QED) is 0.904. The number of aryl methyl sites for hydroxylation is 1. The molecule has 0 atom stereocenters. The molecular weight excluding hydrogens is 349 g/mol. The number of aromatic amines is 1. The smallest absolute Gasteiger partial charge is 0.373 e. The number of morpholine rings is 1. The van der Waals surface area contributed by atoms with Gasteiger partial charge in [-0.3, -0.25) is 9.69 Å². The summed E-state index contributed by atoms with van der Waals surface area (Å²) in [6, 6.07) is 5.41. The van der Waals surface area contributed by atoms with Crippen LogP contribution in [0.2, 0.25) is 0 Å². The highest BCUT2D eigenvalue weighted by Crippen LogP contribution is 2.28. The fourth-order valence-corrected chi connectivity index (χ4v) is 2.73. The van der Waals surface area contributed by atoms with Gasteiger partial charge in [-0.15, -0.1) is 0 Å². The van der Waals surface area contributed by atoms with Gasteiger partial charge in [0.2, 0.25) is 0 Å².